The highest BCUT2D eigenvalue weighted by atomic mass is 32.2. The molecule has 2 N–H and O–H groups in total. The fourth-order valence-corrected chi connectivity index (χ4v) is 5.17. The smallest absolute Gasteiger partial charge is 0.339 e. The van der Waals surface area contributed by atoms with Crippen LogP contribution < -0.4 is 4.72 Å². The molecule has 0 saturated heterocycles. The number of aromatic nitrogens is 1. The van der Waals surface area contributed by atoms with Crippen molar-refractivity contribution in [3.8, 4) is 0 Å². The predicted molar refractivity (Wildman–Crippen MR) is 105 cm³/mol. The maximum Gasteiger partial charge on any atom is 0.339 e. The van der Waals surface area contributed by atoms with Crippen LogP contribution in [0, 0.1) is 5.41 Å². The van der Waals surface area contributed by atoms with Gasteiger partial charge in [0.2, 0.25) is 0 Å². The average molecular weight is 391 g/mol. The molecule has 0 saturated carbocycles. The Morgan fingerprint density at radius 1 is 1.22 bits per heavy atom. The van der Waals surface area contributed by atoms with E-state index < -0.39 is 16.0 Å². The highest BCUT2D eigenvalue weighted by Gasteiger charge is 2.39. The van der Waals surface area contributed by atoms with E-state index in [-0.39, 0.29) is 27.6 Å². The van der Waals surface area contributed by atoms with Crippen LogP contribution in [-0.2, 0) is 23.5 Å². The minimum Gasteiger partial charge on any atom is -0.478 e. The third-order valence-electron chi connectivity index (χ3n) is 5.36. The Morgan fingerprint density at radius 2 is 1.85 bits per heavy atom. The third kappa shape index (κ3) is 3.48. The van der Waals surface area contributed by atoms with Gasteiger partial charge >= 0.3 is 5.97 Å². The molecule has 0 amide bonds. The van der Waals surface area contributed by atoms with Crippen molar-refractivity contribution < 1.29 is 18.3 Å². The van der Waals surface area contributed by atoms with Crippen molar-refractivity contribution in [2.45, 2.75) is 50.8 Å². The van der Waals surface area contributed by atoms with Crippen LogP contribution in [0.5, 0.6) is 0 Å². The number of benzene rings is 1. The predicted octanol–water partition coefficient (Wildman–Crippen LogP) is 3.99. The van der Waals surface area contributed by atoms with Gasteiger partial charge in [-0.2, -0.15) is 0 Å². The molecule has 0 spiro atoms. The van der Waals surface area contributed by atoms with Crippen molar-refractivity contribution in [2.24, 2.45) is 12.5 Å². The Kier molecular flexibility index (Phi) is 4.84. The zero-order valence-electron chi connectivity index (χ0n) is 16.1. The Balaban J connectivity index is 2.18. The Morgan fingerprint density at radius 3 is 2.41 bits per heavy atom. The monoisotopic (exact) mass is 390 g/mol. The minimum atomic E-state index is -3.88. The molecule has 1 aromatic carbocycles. The fourth-order valence-electron chi connectivity index (χ4n) is 4.04. The number of hydrogen-bond acceptors (Lipinski definition) is 3. The molecule has 2 aromatic rings. The highest BCUT2D eigenvalue weighted by molar-refractivity contribution is 7.92. The standard InChI is InChI=1S/C20H26N2O4S/c1-20(2,3)14-11-8-12-15-16(14)17(19(23)24)18(22(15)4)21-27(25,26)13-9-6-5-7-10-13/h5-7,9-10,14,21H,8,11-12H2,1-4H3,(H,23,24). The van der Waals surface area contributed by atoms with Crippen molar-refractivity contribution >= 4 is 21.8 Å². The van der Waals surface area contributed by atoms with E-state index in [0.29, 0.717) is 0 Å². The lowest BCUT2D eigenvalue weighted by Gasteiger charge is -2.35. The van der Waals surface area contributed by atoms with E-state index in [2.05, 4.69) is 25.5 Å². The summed E-state index contributed by atoms with van der Waals surface area (Å²) in [5, 5.41) is 9.94. The van der Waals surface area contributed by atoms with Gasteiger partial charge in [-0.05, 0) is 48.3 Å². The van der Waals surface area contributed by atoms with E-state index in [1.165, 1.54) is 12.1 Å². The largest absolute Gasteiger partial charge is 0.478 e. The molecule has 1 aliphatic carbocycles. The second-order valence-corrected chi connectivity index (χ2v) is 9.86. The van der Waals surface area contributed by atoms with E-state index in [9.17, 15) is 18.3 Å². The molecule has 0 radical (unpaired) electrons. The van der Waals surface area contributed by atoms with Crippen LogP contribution in [0.15, 0.2) is 35.2 Å². The number of carboxylic acid groups (broad SMARTS) is 1. The van der Waals surface area contributed by atoms with Crippen LogP contribution in [-0.4, -0.2) is 24.1 Å². The molecule has 0 bridgehead atoms. The Bertz CT molecular complexity index is 970. The van der Waals surface area contributed by atoms with Gasteiger partial charge in [-0.1, -0.05) is 39.0 Å². The second kappa shape index (κ2) is 6.71. The maximum absolute atomic E-state index is 12.8. The van der Waals surface area contributed by atoms with Crippen molar-refractivity contribution in [3.05, 3.63) is 47.2 Å². The topological polar surface area (TPSA) is 88.4 Å². The molecule has 1 atom stereocenters. The molecular formula is C20H26N2O4S. The lowest BCUT2D eigenvalue weighted by molar-refractivity contribution is 0.0695. The number of anilines is 1. The van der Waals surface area contributed by atoms with Gasteiger partial charge in [-0.25, -0.2) is 13.2 Å². The zero-order valence-corrected chi connectivity index (χ0v) is 16.9. The number of fused-ring (bicyclic) bond motifs is 1. The first kappa shape index (κ1) is 19.5. The summed E-state index contributed by atoms with van der Waals surface area (Å²) in [6, 6.07) is 7.99. The first-order chi connectivity index (χ1) is 12.5. The summed E-state index contributed by atoms with van der Waals surface area (Å²) in [4.78, 5) is 12.3. The molecule has 0 fully saturated rings. The van der Waals surface area contributed by atoms with E-state index in [4.69, 9.17) is 0 Å². The van der Waals surface area contributed by atoms with Crippen LogP contribution >= 0.6 is 0 Å². The number of hydrogen-bond donors (Lipinski definition) is 2. The van der Waals surface area contributed by atoms with Gasteiger partial charge in [0.25, 0.3) is 10.0 Å². The van der Waals surface area contributed by atoms with E-state index in [1.807, 2.05) is 0 Å². The van der Waals surface area contributed by atoms with Crippen LogP contribution in [0.3, 0.4) is 0 Å². The van der Waals surface area contributed by atoms with Gasteiger partial charge in [0, 0.05) is 12.7 Å². The molecule has 1 aromatic heterocycles. The molecule has 7 heteroatoms. The lowest BCUT2D eigenvalue weighted by Crippen LogP contribution is -2.24. The van der Waals surface area contributed by atoms with Gasteiger partial charge in [-0.3, -0.25) is 4.72 Å². The summed E-state index contributed by atoms with van der Waals surface area (Å²) >= 11 is 0. The minimum absolute atomic E-state index is 0.0635. The van der Waals surface area contributed by atoms with Crippen molar-refractivity contribution in [1.82, 2.24) is 4.57 Å². The molecule has 1 heterocycles. The molecule has 1 unspecified atom stereocenters. The third-order valence-corrected chi connectivity index (χ3v) is 6.71. The van der Waals surface area contributed by atoms with Crippen molar-refractivity contribution in [2.75, 3.05) is 4.72 Å². The summed E-state index contributed by atoms with van der Waals surface area (Å²) in [5.74, 6) is -0.908. The number of rotatable bonds is 4. The number of nitrogens with zero attached hydrogens (tertiary/aromatic N) is 1. The SMILES string of the molecule is Cn1c2c(c(C(=O)O)c1NS(=O)(=O)c1ccccc1)C(C(C)(C)C)CCC2. The Hall–Kier alpha value is -2.28. The number of carbonyl (C=O) groups is 1. The molecule has 0 aliphatic heterocycles. The molecule has 27 heavy (non-hydrogen) atoms. The quantitative estimate of drug-likeness (QED) is 0.826. The zero-order chi connectivity index (χ0) is 20.0. The summed E-state index contributed by atoms with van der Waals surface area (Å²) < 4.78 is 29.8. The summed E-state index contributed by atoms with van der Waals surface area (Å²) in [6.07, 6.45) is 2.59. The van der Waals surface area contributed by atoms with E-state index in [0.717, 1.165) is 30.5 Å². The average Bonchev–Trinajstić information content (AvgIpc) is 2.87. The maximum atomic E-state index is 12.8. The number of sulfonamides is 1. The summed E-state index contributed by atoms with van der Waals surface area (Å²) in [5.41, 5.74) is 1.64. The van der Waals surface area contributed by atoms with Crippen molar-refractivity contribution in [1.29, 1.82) is 0 Å². The molecule has 1 aliphatic rings. The van der Waals surface area contributed by atoms with Crippen LogP contribution in [0.2, 0.25) is 0 Å². The summed E-state index contributed by atoms with van der Waals surface area (Å²) in [7, 11) is -2.14. The van der Waals surface area contributed by atoms with Crippen LogP contribution in [0.4, 0.5) is 5.82 Å². The van der Waals surface area contributed by atoms with Crippen LogP contribution in [0.1, 0.15) is 61.1 Å². The van der Waals surface area contributed by atoms with Crippen molar-refractivity contribution in [3.63, 3.8) is 0 Å². The van der Waals surface area contributed by atoms with E-state index in [1.54, 1.807) is 29.8 Å². The normalized spacial score (nSPS) is 17.4. The summed E-state index contributed by atoms with van der Waals surface area (Å²) in [6.45, 7) is 6.29. The molecule has 146 valence electrons. The van der Waals surface area contributed by atoms with Gasteiger partial charge in [0.05, 0.1) is 4.90 Å². The number of nitrogens with one attached hydrogen (secondary N) is 1. The van der Waals surface area contributed by atoms with Gasteiger partial charge in [0.1, 0.15) is 11.4 Å². The molecule has 6 nitrogen and oxygen atoms in total. The number of aromatic carboxylic acids is 1. The van der Waals surface area contributed by atoms with Gasteiger partial charge in [-0.15, -0.1) is 0 Å². The highest BCUT2D eigenvalue weighted by Crippen LogP contribution is 2.47. The molecular weight excluding hydrogens is 364 g/mol. The first-order valence-corrected chi connectivity index (χ1v) is 10.5. The number of carboxylic acids is 1. The van der Waals surface area contributed by atoms with Gasteiger partial charge < -0.3 is 9.67 Å². The van der Waals surface area contributed by atoms with Gasteiger partial charge in [0.15, 0.2) is 0 Å². The van der Waals surface area contributed by atoms with E-state index >= 15 is 0 Å². The molecule has 3 rings (SSSR count). The van der Waals surface area contributed by atoms with Crippen LogP contribution in [0.25, 0.3) is 0 Å². The second-order valence-electron chi connectivity index (χ2n) is 8.18. The Labute approximate surface area is 160 Å². The first-order valence-electron chi connectivity index (χ1n) is 9.06. The lowest BCUT2D eigenvalue weighted by atomic mass is 9.70. The fraction of sp³-hybridized carbons (Fsp3) is 0.450.